The highest BCUT2D eigenvalue weighted by Crippen LogP contribution is 2.29. The summed E-state index contributed by atoms with van der Waals surface area (Å²) >= 11 is 0. The summed E-state index contributed by atoms with van der Waals surface area (Å²) in [7, 11) is 0. The normalized spacial score (nSPS) is 36.2. The van der Waals surface area contributed by atoms with Gasteiger partial charge >= 0.3 is 6.98 Å². The zero-order valence-electron chi connectivity index (χ0n) is 6.55. The van der Waals surface area contributed by atoms with E-state index in [4.69, 9.17) is 4.74 Å². The van der Waals surface area contributed by atoms with Gasteiger partial charge in [-0.3, -0.25) is 0 Å². The molecule has 2 saturated heterocycles. The maximum atomic E-state index is 12.0. The fourth-order valence-electron chi connectivity index (χ4n) is 1.97. The molecule has 2 aliphatic rings. The molecule has 0 aromatic heterocycles. The molecular formula is C6H10BF3NO-. The van der Waals surface area contributed by atoms with Crippen LogP contribution in [0.2, 0.25) is 0 Å². The van der Waals surface area contributed by atoms with Crippen LogP contribution >= 0.6 is 0 Å². The van der Waals surface area contributed by atoms with Gasteiger partial charge in [-0.05, 0) is 12.9 Å². The standard InChI is InChI=1S/C6H10BF3NO/c8-7(9,10)4-11-2-6-1-5(11)3-12-6/h5-6H,1-4H2/q-1. The van der Waals surface area contributed by atoms with Crippen LogP contribution in [0, 0.1) is 0 Å². The molecule has 0 saturated carbocycles. The van der Waals surface area contributed by atoms with E-state index in [1.54, 1.807) is 0 Å². The van der Waals surface area contributed by atoms with Gasteiger partial charge in [-0.2, -0.15) is 0 Å². The van der Waals surface area contributed by atoms with Crippen LogP contribution < -0.4 is 0 Å². The van der Waals surface area contributed by atoms with E-state index in [0.29, 0.717) is 13.2 Å². The first-order chi connectivity index (χ1) is 5.54. The molecule has 2 aliphatic heterocycles. The van der Waals surface area contributed by atoms with Crippen molar-refractivity contribution in [3.63, 3.8) is 0 Å². The van der Waals surface area contributed by atoms with Crippen molar-refractivity contribution in [2.45, 2.75) is 18.6 Å². The minimum Gasteiger partial charge on any atom is -0.448 e. The fourth-order valence-corrected chi connectivity index (χ4v) is 1.97. The number of ether oxygens (including phenoxy) is 1. The van der Waals surface area contributed by atoms with Crippen LogP contribution in [0.25, 0.3) is 0 Å². The van der Waals surface area contributed by atoms with Gasteiger partial charge in [0.25, 0.3) is 0 Å². The molecule has 0 amide bonds. The molecule has 12 heavy (non-hydrogen) atoms. The molecule has 2 bridgehead atoms. The topological polar surface area (TPSA) is 12.5 Å². The van der Waals surface area contributed by atoms with Gasteiger partial charge in [0.1, 0.15) is 0 Å². The third kappa shape index (κ3) is 1.59. The van der Waals surface area contributed by atoms with E-state index < -0.39 is 13.4 Å². The highest BCUT2D eigenvalue weighted by Gasteiger charge is 2.41. The lowest BCUT2D eigenvalue weighted by Crippen LogP contribution is -2.44. The zero-order valence-corrected chi connectivity index (χ0v) is 6.55. The Labute approximate surface area is 68.7 Å². The lowest BCUT2D eigenvalue weighted by Gasteiger charge is -2.30. The Morgan fingerprint density at radius 3 is 2.58 bits per heavy atom. The second-order valence-corrected chi connectivity index (χ2v) is 3.51. The van der Waals surface area contributed by atoms with E-state index in [0.717, 1.165) is 6.42 Å². The molecule has 6 heteroatoms. The van der Waals surface area contributed by atoms with Crippen LogP contribution in [0.15, 0.2) is 0 Å². The van der Waals surface area contributed by atoms with Crippen molar-refractivity contribution >= 4 is 6.98 Å². The van der Waals surface area contributed by atoms with E-state index >= 15 is 0 Å². The third-order valence-electron chi connectivity index (χ3n) is 2.46. The minimum atomic E-state index is -4.66. The Morgan fingerprint density at radius 2 is 2.17 bits per heavy atom. The molecule has 0 aromatic rings. The first kappa shape index (κ1) is 8.38. The molecule has 2 nitrogen and oxygen atoms in total. The van der Waals surface area contributed by atoms with Crippen molar-refractivity contribution in [1.82, 2.24) is 4.90 Å². The Morgan fingerprint density at radius 1 is 1.42 bits per heavy atom. The average molecular weight is 180 g/mol. The third-order valence-corrected chi connectivity index (χ3v) is 2.46. The summed E-state index contributed by atoms with van der Waals surface area (Å²) in [6.07, 6.45) is 0.129. The largest absolute Gasteiger partial charge is 0.492 e. The molecule has 2 fully saturated rings. The molecule has 0 spiro atoms. The molecular weight excluding hydrogens is 170 g/mol. The summed E-state index contributed by atoms with van der Waals surface area (Å²) in [5.74, 6) is 0. The quantitative estimate of drug-likeness (QED) is 0.584. The lowest BCUT2D eigenvalue weighted by molar-refractivity contribution is 0.0347. The molecule has 0 aromatic carbocycles. The molecule has 0 radical (unpaired) electrons. The smallest absolute Gasteiger partial charge is 0.448 e. The number of nitrogens with zero attached hydrogens (tertiary/aromatic N) is 1. The maximum Gasteiger partial charge on any atom is 0.492 e. The number of hydrogen-bond donors (Lipinski definition) is 0. The molecule has 2 unspecified atom stereocenters. The fraction of sp³-hybridized carbons (Fsp3) is 1.00. The van der Waals surface area contributed by atoms with Crippen molar-refractivity contribution in [2.24, 2.45) is 0 Å². The number of morpholine rings is 1. The maximum absolute atomic E-state index is 12.0. The average Bonchev–Trinajstić information content (AvgIpc) is 2.42. The zero-order chi connectivity index (χ0) is 8.77. The number of rotatable bonds is 2. The molecule has 0 aliphatic carbocycles. The Hall–Kier alpha value is -0.225. The first-order valence-corrected chi connectivity index (χ1v) is 4.11. The van der Waals surface area contributed by atoms with E-state index in [-0.39, 0.29) is 12.1 Å². The molecule has 70 valence electrons. The van der Waals surface area contributed by atoms with E-state index in [9.17, 15) is 12.9 Å². The molecule has 2 rings (SSSR count). The first-order valence-electron chi connectivity index (χ1n) is 4.11. The summed E-state index contributed by atoms with van der Waals surface area (Å²) in [6, 6.07) is 0.0264. The van der Waals surface area contributed by atoms with Crippen LogP contribution in [-0.4, -0.2) is 43.6 Å². The second kappa shape index (κ2) is 2.63. The van der Waals surface area contributed by atoms with Gasteiger partial charge in [0.15, 0.2) is 0 Å². The summed E-state index contributed by atoms with van der Waals surface area (Å²) in [5.41, 5.74) is 0. The van der Waals surface area contributed by atoms with Gasteiger partial charge in [-0.15, -0.1) is 0 Å². The highest BCUT2D eigenvalue weighted by molar-refractivity contribution is 6.58. The summed E-state index contributed by atoms with van der Waals surface area (Å²) in [5, 5.41) is 0. The van der Waals surface area contributed by atoms with Crippen LogP contribution in [0.4, 0.5) is 12.9 Å². The minimum absolute atomic E-state index is 0.0264. The molecule has 2 heterocycles. The van der Waals surface area contributed by atoms with Gasteiger partial charge in [-0.25, -0.2) is 0 Å². The molecule has 2 atom stereocenters. The van der Waals surface area contributed by atoms with Gasteiger partial charge in [-0.1, -0.05) is 0 Å². The predicted octanol–water partition coefficient (Wildman–Crippen LogP) is 0.846. The lowest BCUT2D eigenvalue weighted by atomic mass is 9.91. The number of halogens is 3. The monoisotopic (exact) mass is 180 g/mol. The van der Waals surface area contributed by atoms with Crippen molar-refractivity contribution < 1.29 is 17.7 Å². The Balaban J connectivity index is 1.91. The summed E-state index contributed by atoms with van der Waals surface area (Å²) in [4.78, 5) is 1.49. The SMILES string of the molecule is F[B-](F)(F)CN1CC2CC1CO2. The highest BCUT2D eigenvalue weighted by atomic mass is 19.4. The van der Waals surface area contributed by atoms with Gasteiger partial charge in [0, 0.05) is 12.6 Å². The number of hydrogen-bond acceptors (Lipinski definition) is 2. The van der Waals surface area contributed by atoms with Crippen molar-refractivity contribution in [3.8, 4) is 0 Å². The predicted molar refractivity (Wildman–Crippen MR) is 38.8 cm³/mol. The van der Waals surface area contributed by atoms with Crippen LogP contribution in [0.1, 0.15) is 6.42 Å². The van der Waals surface area contributed by atoms with Gasteiger partial charge in [0.05, 0.1) is 12.7 Å². The van der Waals surface area contributed by atoms with Crippen molar-refractivity contribution in [2.75, 3.05) is 19.6 Å². The summed E-state index contributed by atoms with van der Waals surface area (Å²) < 4.78 is 41.2. The van der Waals surface area contributed by atoms with Crippen LogP contribution in [0.3, 0.4) is 0 Å². The van der Waals surface area contributed by atoms with Gasteiger partial charge < -0.3 is 22.6 Å². The Kier molecular flexibility index (Phi) is 1.84. The summed E-state index contributed by atoms with van der Waals surface area (Å²) in [6.45, 7) is -3.71. The van der Waals surface area contributed by atoms with E-state index in [1.807, 2.05) is 0 Å². The molecule has 0 N–H and O–H groups in total. The van der Waals surface area contributed by atoms with Crippen molar-refractivity contribution in [1.29, 1.82) is 0 Å². The Bertz CT molecular complexity index is 186. The van der Waals surface area contributed by atoms with E-state index in [2.05, 4.69) is 0 Å². The van der Waals surface area contributed by atoms with E-state index in [1.165, 1.54) is 4.90 Å². The van der Waals surface area contributed by atoms with Crippen LogP contribution in [-0.2, 0) is 4.74 Å². The number of fused-ring (bicyclic) bond motifs is 2. The second-order valence-electron chi connectivity index (χ2n) is 3.51. The number of likely N-dealkylation sites (tertiary alicyclic amines) is 1. The van der Waals surface area contributed by atoms with Crippen LogP contribution in [0.5, 0.6) is 0 Å². The van der Waals surface area contributed by atoms with Gasteiger partial charge in [0.2, 0.25) is 0 Å². The van der Waals surface area contributed by atoms with Crippen molar-refractivity contribution in [3.05, 3.63) is 0 Å².